The number of rotatable bonds is 3. The molecule has 1 fully saturated rings. The number of hydrogen-bond donors (Lipinski definition) is 2. The second-order valence-corrected chi connectivity index (χ2v) is 5.33. The molecule has 0 saturated carbocycles. The fraction of sp³-hybridized carbons (Fsp3) is 0.375. The van der Waals surface area contributed by atoms with Crippen molar-refractivity contribution in [2.24, 2.45) is 0 Å². The van der Waals surface area contributed by atoms with Gasteiger partial charge in [0.15, 0.2) is 0 Å². The number of piperidine rings is 1. The van der Waals surface area contributed by atoms with Crippen LogP contribution in [-0.2, 0) is 0 Å². The minimum Gasteiger partial charge on any atom is -0.351 e. The van der Waals surface area contributed by atoms with Crippen LogP contribution in [0.2, 0.25) is 0 Å². The number of benzene rings is 1. The van der Waals surface area contributed by atoms with Gasteiger partial charge in [0.05, 0.1) is 0 Å². The van der Waals surface area contributed by atoms with E-state index in [1.165, 1.54) is 5.56 Å². The van der Waals surface area contributed by atoms with Gasteiger partial charge in [-0.05, 0) is 38.4 Å². The molecular weight excluding hydrogens is 248 g/mol. The lowest BCUT2D eigenvalue weighted by Gasteiger charge is -2.23. The van der Waals surface area contributed by atoms with Gasteiger partial charge in [0, 0.05) is 24.0 Å². The third kappa shape index (κ3) is 3.14. The van der Waals surface area contributed by atoms with E-state index < -0.39 is 0 Å². The van der Waals surface area contributed by atoms with Gasteiger partial charge in [-0.25, -0.2) is 9.97 Å². The Morgan fingerprint density at radius 1 is 1.00 bits per heavy atom. The van der Waals surface area contributed by atoms with Gasteiger partial charge in [-0.1, -0.05) is 29.8 Å². The Balaban J connectivity index is 1.69. The lowest BCUT2D eigenvalue weighted by atomic mass is 10.1. The third-order valence-electron chi connectivity index (χ3n) is 3.71. The standard InChI is InChI=1S/C16H20N4/c1-12-2-4-13(5-3-12)14-10-18-16(19-11-14)20-15-6-8-17-9-7-15/h2-5,10-11,15,17H,6-9H2,1H3,(H,18,19,20). The van der Waals surface area contributed by atoms with Crippen molar-refractivity contribution in [3.05, 3.63) is 42.2 Å². The molecule has 4 heteroatoms. The van der Waals surface area contributed by atoms with Gasteiger partial charge < -0.3 is 10.6 Å². The number of nitrogens with zero attached hydrogens (tertiary/aromatic N) is 2. The second kappa shape index (κ2) is 6.01. The van der Waals surface area contributed by atoms with Gasteiger partial charge in [0.1, 0.15) is 0 Å². The molecule has 104 valence electrons. The van der Waals surface area contributed by atoms with Crippen LogP contribution in [0.3, 0.4) is 0 Å². The lowest BCUT2D eigenvalue weighted by molar-refractivity contribution is 0.477. The number of hydrogen-bond acceptors (Lipinski definition) is 4. The van der Waals surface area contributed by atoms with E-state index in [1.807, 2.05) is 12.4 Å². The monoisotopic (exact) mass is 268 g/mol. The predicted molar refractivity (Wildman–Crippen MR) is 81.7 cm³/mol. The van der Waals surface area contributed by atoms with Crippen molar-refractivity contribution in [3.8, 4) is 11.1 Å². The number of aromatic nitrogens is 2. The molecule has 1 aliphatic heterocycles. The molecule has 0 amide bonds. The van der Waals surface area contributed by atoms with Crippen molar-refractivity contribution in [2.75, 3.05) is 18.4 Å². The summed E-state index contributed by atoms with van der Waals surface area (Å²) in [6.45, 7) is 4.23. The Morgan fingerprint density at radius 2 is 1.65 bits per heavy atom. The molecule has 0 unspecified atom stereocenters. The summed E-state index contributed by atoms with van der Waals surface area (Å²) in [6.07, 6.45) is 6.04. The molecule has 20 heavy (non-hydrogen) atoms. The molecule has 0 aliphatic carbocycles. The summed E-state index contributed by atoms with van der Waals surface area (Å²) in [4.78, 5) is 8.86. The Kier molecular flexibility index (Phi) is 3.92. The summed E-state index contributed by atoms with van der Waals surface area (Å²) in [5.74, 6) is 0.729. The van der Waals surface area contributed by atoms with Crippen molar-refractivity contribution in [1.29, 1.82) is 0 Å². The molecule has 0 radical (unpaired) electrons. The molecule has 0 spiro atoms. The minimum absolute atomic E-state index is 0.487. The predicted octanol–water partition coefficient (Wildman–Crippen LogP) is 2.62. The first-order chi connectivity index (χ1) is 9.81. The summed E-state index contributed by atoms with van der Waals surface area (Å²) in [5, 5.41) is 6.76. The largest absolute Gasteiger partial charge is 0.351 e. The van der Waals surface area contributed by atoms with E-state index >= 15 is 0 Å². The van der Waals surface area contributed by atoms with Crippen molar-refractivity contribution in [3.63, 3.8) is 0 Å². The molecule has 3 rings (SSSR count). The SMILES string of the molecule is Cc1ccc(-c2cnc(NC3CCNCC3)nc2)cc1. The van der Waals surface area contributed by atoms with E-state index in [4.69, 9.17) is 0 Å². The number of nitrogens with one attached hydrogen (secondary N) is 2. The van der Waals surface area contributed by atoms with Crippen molar-refractivity contribution < 1.29 is 0 Å². The van der Waals surface area contributed by atoms with Gasteiger partial charge in [-0.3, -0.25) is 0 Å². The third-order valence-corrected chi connectivity index (χ3v) is 3.71. The molecule has 0 bridgehead atoms. The van der Waals surface area contributed by atoms with Crippen molar-refractivity contribution in [2.45, 2.75) is 25.8 Å². The molecular formula is C16H20N4. The topological polar surface area (TPSA) is 49.8 Å². The molecule has 1 saturated heterocycles. The highest BCUT2D eigenvalue weighted by Gasteiger charge is 2.13. The summed E-state index contributed by atoms with van der Waals surface area (Å²) in [7, 11) is 0. The maximum atomic E-state index is 4.43. The average Bonchev–Trinajstić information content (AvgIpc) is 2.50. The molecule has 0 atom stereocenters. The lowest BCUT2D eigenvalue weighted by Crippen LogP contribution is -2.35. The van der Waals surface area contributed by atoms with Crippen LogP contribution in [0.25, 0.3) is 11.1 Å². The molecule has 2 aromatic rings. The molecule has 1 aliphatic rings. The van der Waals surface area contributed by atoms with Crippen LogP contribution in [0.1, 0.15) is 18.4 Å². The summed E-state index contributed by atoms with van der Waals surface area (Å²) in [6, 6.07) is 8.91. The van der Waals surface area contributed by atoms with Crippen molar-refractivity contribution in [1.82, 2.24) is 15.3 Å². The quantitative estimate of drug-likeness (QED) is 0.898. The Morgan fingerprint density at radius 3 is 2.30 bits per heavy atom. The smallest absolute Gasteiger partial charge is 0.222 e. The van der Waals surface area contributed by atoms with E-state index in [-0.39, 0.29) is 0 Å². The van der Waals surface area contributed by atoms with Gasteiger partial charge in [0.2, 0.25) is 5.95 Å². The van der Waals surface area contributed by atoms with E-state index in [0.717, 1.165) is 43.0 Å². The number of anilines is 1. The fourth-order valence-corrected chi connectivity index (χ4v) is 2.45. The normalized spacial score (nSPS) is 16.1. The zero-order valence-corrected chi connectivity index (χ0v) is 11.8. The highest BCUT2D eigenvalue weighted by Crippen LogP contribution is 2.19. The second-order valence-electron chi connectivity index (χ2n) is 5.33. The van der Waals surface area contributed by atoms with Crippen LogP contribution in [0.4, 0.5) is 5.95 Å². The zero-order valence-electron chi connectivity index (χ0n) is 11.8. The maximum absolute atomic E-state index is 4.43. The van der Waals surface area contributed by atoms with E-state index in [9.17, 15) is 0 Å². The highest BCUT2D eigenvalue weighted by molar-refractivity contribution is 5.62. The molecule has 2 N–H and O–H groups in total. The van der Waals surface area contributed by atoms with Crippen LogP contribution in [0, 0.1) is 6.92 Å². The first-order valence-electron chi connectivity index (χ1n) is 7.17. The minimum atomic E-state index is 0.487. The first kappa shape index (κ1) is 13.1. The Labute approximate surface area is 119 Å². The average molecular weight is 268 g/mol. The van der Waals surface area contributed by atoms with Crippen LogP contribution >= 0.6 is 0 Å². The summed E-state index contributed by atoms with van der Waals surface area (Å²) < 4.78 is 0. The zero-order chi connectivity index (χ0) is 13.8. The van der Waals surface area contributed by atoms with Gasteiger partial charge in [-0.15, -0.1) is 0 Å². The molecule has 2 heterocycles. The van der Waals surface area contributed by atoms with Gasteiger partial charge >= 0.3 is 0 Å². The molecule has 4 nitrogen and oxygen atoms in total. The summed E-state index contributed by atoms with van der Waals surface area (Å²) >= 11 is 0. The van der Waals surface area contributed by atoms with Crippen molar-refractivity contribution >= 4 is 5.95 Å². The van der Waals surface area contributed by atoms with Crippen LogP contribution in [0.15, 0.2) is 36.7 Å². The van der Waals surface area contributed by atoms with E-state index in [1.54, 1.807) is 0 Å². The first-order valence-corrected chi connectivity index (χ1v) is 7.17. The van der Waals surface area contributed by atoms with Gasteiger partial charge in [0.25, 0.3) is 0 Å². The van der Waals surface area contributed by atoms with Crippen LogP contribution < -0.4 is 10.6 Å². The Hall–Kier alpha value is -1.94. The van der Waals surface area contributed by atoms with Crippen LogP contribution in [-0.4, -0.2) is 29.1 Å². The molecule has 1 aromatic carbocycles. The fourth-order valence-electron chi connectivity index (χ4n) is 2.45. The van der Waals surface area contributed by atoms with E-state index in [0.29, 0.717) is 6.04 Å². The highest BCUT2D eigenvalue weighted by atomic mass is 15.1. The Bertz CT molecular complexity index is 542. The van der Waals surface area contributed by atoms with Crippen LogP contribution in [0.5, 0.6) is 0 Å². The molecule has 1 aromatic heterocycles. The number of aryl methyl sites for hydroxylation is 1. The van der Waals surface area contributed by atoms with E-state index in [2.05, 4.69) is 51.8 Å². The maximum Gasteiger partial charge on any atom is 0.222 e. The van der Waals surface area contributed by atoms with Gasteiger partial charge in [-0.2, -0.15) is 0 Å². The summed E-state index contributed by atoms with van der Waals surface area (Å²) in [5.41, 5.74) is 3.48.